The molecular formula is C16H12ClNO3. The second-order valence-electron chi connectivity index (χ2n) is 4.76. The summed E-state index contributed by atoms with van der Waals surface area (Å²) in [6, 6.07) is 13.7. The lowest BCUT2D eigenvalue weighted by atomic mass is 10.2. The Kier molecular flexibility index (Phi) is 3.31. The third-order valence-corrected chi connectivity index (χ3v) is 3.76. The fourth-order valence-corrected chi connectivity index (χ4v) is 2.60. The number of carboxylic acids is 1. The van der Waals surface area contributed by atoms with Crippen molar-refractivity contribution in [2.45, 2.75) is 6.54 Å². The quantitative estimate of drug-likeness (QED) is 0.774. The van der Waals surface area contributed by atoms with Gasteiger partial charge in [0.25, 0.3) is 0 Å². The number of aromatic nitrogens is 1. The van der Waals surface area contributed by atoms with E-state index in [4.69, 9.17) is 11.6 Å². The predicted molar refractivity (Wildman–Crippen MR) is 81.1 cm³/mol. The van der Waals surface area contributed by atoms with E-state index in [1.807, 2.05) is 18.2 Å². The molecule has 0 saturated heterocycles. The van der Waals surface area contributed by atoms with Crippen molar-refractivity contribution < 1.29 is 15.0 Å². The van der Waals surface area contributed by atoms with Gasteiger partial charge in [0, 0.05) is 22.5 Å². The SMILES string of the molecule is O=C(O)c1cc2cc(O)ccc2n1Cc1ccccc1Cl. The number of aromatic carboxylic acids is 1. The van der Waals surface area contributed by atoms with Gasteiger partial charge in [0.1, 0.15) is 11.4 Å². The van der Waals surface area contributed by atoms with E-state index >= 15 is 0 Å². The largest absolute Gasteiger partial charge is 0.508 e. The number of carbonyl (C=O) groups is 1. The molecule has 0 unspecified atom stereocenters. The van der Waals surface area contributed by atoms with Crippen LogP contribution in [-0.2, 0) is 6.54 Å². The average molecular weight is 302 g/mol. The summed E-state index contributed by atoms with van der Waals surface area (Å²) in [5, 5.41) is 20.2. The average Bonchev–Trinajstić information content (AvgIpc) is 2.79. The molecule has 1 heterocycles. The minimum atomic E-state index is -1.02. The zero-order chi connectivity index (χ0) is 15.0. The van der Waals surface area contributed by atoms with E-state index in [2.05, 4.69) is 0 Å². The van der Waals surface area contributed by atoms with Gasteiger partial charge in [0.2, 0.25) is 0 Å². The van der Waals surface area contributed by atoms with E-state index < -0.39 is 5.97 Å². The topological polar surface area (TPSA) is 62.5 Å². The molecule has 2 aromatic carbocycles. The molecule has 4 nitrogen and oxygen atoms in total. The van der Waals surface area contributed by atoms with Crippen LogP contribution in [0.3, 0.4) is 0 Å². The molecule has 5 heteroatoms. The highest BCUT2D eigenvalue weighted by atomic mass is 35.5. The van der Waals surface area contributed by atoms with Crippen LogP contribution in [0.15, 0.2) is 48.5 Å². The number of phenolic OH excluding ortho intramolecular Hbond substituents is 1. The molecule has 2 N–H and O–H groups in total. The first-order valence-electron chi connectivity index (χ1n) is 6.35. The summed E-state index contributed by atoms with van der Waals surface area (Å²) in [7, 11) is 0. The van der Waals surface area contributed by atoms with Crippen LogP contribution in [0.5, 0.6) is 5.75 Å². The van der Waals surface area contributed by atoms with E-state index in [1.165, 1.54) is 6.07 Å². The highest BCUT2D eigenvalue weighted by Gasteiger charge is 2.16. The number of benzene rings is 2. The highest BCUT2D eigenvalue weighted by Crippen LogP contribution is 2.26. The van der Waals surface area contributed by atoms with Gasteiger partial charge in [0.15, 0.2) is 0 Å². The van der Waals surface area contributed by atoms with Gasteiger partial charge in [-0.05, 0) is 35.9 Å². The summed E-state index contributed by atoms with van der Waals surface area (Å²) in [5.74, 6) is -0.910. The number of aromatic hydroxyl groups is 1. The summed E-state index contributed by atoms with van der Waals surface area (Å²) in [6.45, 7) is 0.357. The van der Waals surface area contributed by atoms with Crippen molar-refractivity contribution in [2.75, 3.05) is 0 Å². The van der Waals surface area contributed by atoms with Crippen molar-refractivity contribution in [3.05, 3.63) is 64.8 Å². The minimum Gasteiger partial charge on any atom is -0.508 e. The zero-order valence-electron chi connectivity index (χ0n) is 11.0. The van der Waals surface area contributed by atoms with Crippen molar-refractivity contribution >= 4 is 28.5 Å². The van der Waals surface area contributed by atoms with Crippen molar-refractivity contribution in [3.8, 4) is 5.75 Å². The van der Waals surface area contributed by atoms with Crippen LogP contribution in [0.25, 0.3) is 10.9 Å². The van der Waals surface area contributed by atoms with Gasteiger partial charge in [-0.15, -0.1) is 0 Å². The Bertz CT molecular complexity index is 839. The molecule has 1 aromatic heterocycles. The first-order chi connectivity index (χ1) is 10.1. The van der Waals surface area contributed by atoms with E-state index in [9.17, 15) is 15.0 Å². The minimum absolute atomic E-state index is 0.106. The normalized spacial score (nSPS) is 10.9. The molecule has 0 amide bonds. The van der Waals surface area contributed by atoms with Crippen molar-refractivity contribution in [2.24, 2.45) is 0 Å². The lowest BCUT2D eigenvalue weighted by Crippen LogP contribution is -2.09. The molecule has 0 bridgehead atoms. The first kappa shape index (κ1) is 13.5. The van der Waals surface area contributed by atoms with Gasteiger partial charge in [-0.2, -0.15) is 0 Å². The Labute approximate surface area is 125 Å². The fraction of sp³-hybridized carbons (Fsp3) is 0.0625. The van der Waals surface area contributed by atoms with Crippen LogP contribution < -0.4 is 0 Å². The molecule has 3 aromatic rings. The number of fused-ring (bicyclic) bond motifs is 1. The van der Waals surface area contributed by atoms with Crippen LogP contribution >= 0.6 is 11.6 Å². The smallest absolute Gasteiger partial charge is 0.352 e. The molecule has 0 aliphatic heterocycles. The van der Waals surface area contributed by atoms with Gasteiger partial charge in [0.05, 0.1) is 0 Å². The maximum absolute atomic E-state index is 11.4. The van der Waals surface area contributed by atoms with Gasteiger partial charge in [-0.3, -0.25) is 0 Å². The molecule has 0 atom stereocenters. The Morgan fingerprint density at radius 3 is 2.62 bits per heavy atom. The lowest BCUT2D eigenvalue weighted by Gasteiger charge is -2.10. The van der Waals surface area contributed by atoms with E-state index in [1.54, 1.807) is 28.8 Å². The monoisotopic (exact) mass is 301 g/mol. The maximum Gasteiger partial charge on any atom is 0.352 e. The van der Waals surface area contributed by atoms with Crippen LogP contribution in [0, 0.1) is 0 Å². The van der Waals surface area contributed by atoms with Crippen LogP contribution in [0.1, 0.15) is 16.1 Å². The summed E-state index contributed by atoms with van der Waals surface area (Å²) in [4.78, 5) is 11.4. The zero-order valence-corrected chi connectivity index (χ0v) is 11.7. The predicted octanol–water partition coefficient (Wildman–Crippen LogP) is 3.75. The lowest BCUT2D eigenvalue weighted by molar-refractivity contribution is 0.0686. The third-order valence-electron chi connectivity index (χ3n) is 3.39. The van der Waals surface area contributed by atoms with Gasteiger partial charge in [-0.25, -0.2) is 4.79 Å². The molecule has 3 rings (SSSR count). The van der Waals surface area contributed by atoms with Crippen LogP contribution in [0.4, 0.5) is 0 Å². The molecule has 0 radical (unpaired) electrons. The maximum atomic E-state index is 11.4. The third kappa shape index (κ3) is 2.45. The van der Waals surface area contributed by atoms with Gasteiger partial charge in [-0.1, -0.05) is 29.8 Å². The van der Waals surface area contributed by atoms with E-state index in [0.29, 0.717) is 17.0 Å². The number of hydrogen-bond acceptors (Lipinski definition) is 2. The fourth-order valence-electron chi connectivity index (χ4n) is 2.40. The second-order valence-corrected chi connectivity index (χ2v) is 5.16. The Balaban J connectivity index is 2.18. The Hall–Kier alpha value is -2.46. The molecule has 21 heavy (non-hydrogen) atoms. The molecule has 0 saturated carbocycles. The Morgan fingerprint density at radius 1 is 1.14 bits per heavy atom. The number of phenols is 1. The summed E-state index contributed by atoms with van der Waals surface area (Å²) < 4.78 is 1.68. The summed E-state index contributed by atoms with van der Waals surface area (Å²) >= 11 is 6.15. The van der Waals surface area contributed by atoms with Crippen LogP contribution in [0.2, 0.25) is 5.02 Å². The molecular weight excluding hydrogens is 290 g/mol. The number of carboxylic acid groups (broad SMARTS) is 1. The standard InChI is InChI=1S/C16H12ClNO3/c17-13-4-2-1-3-10(13)9-18-14-6-5-12(19)7-11(14)8-15(18)16(20)21/h1-8,19H,9H2,(H,20,21). The van der Waals surface area contributed by atoms with Crippen molar-refractivity contribution in [3.63, 3.8) is 0 Å². The van der Waals surface area contributed by atoms with Crippen molar-refractivity contribution in [1.29, 1.82) is 0 Å². The number of halogens is 1. The second kappa shape index (κ2) is 5.14. The first-order valence-corrected chi connectivity index (χ1v) is 6.73. The number of rotatable bonds is 3. The molecule has 0 spiro atoms. The number of nitrogens with zero attached hydrogens (tertiary/aromatic N) is 1. The molecule has 0 fully saturated rings. The molecule has 0 aliphatic carbocycles. The highest BCUT2D eigenvalue weighted by molar-refractivity contribution is 6.31. The van der Waals surface area contributed by atoms with E-state index in [-0.39, 0.29) is 11.4 Å². The number of hydrogen-bond donors (Lipinski definition) is 2. The van der Waals surface area contributed by atoms with Crippen molar-refractivity contribution in [1.82, 2.24) is 4.57 Å². The Morgan fingerprint density at radius 2 is 1.90 bits per heavy atom. The summed E-state index contributed by atoms with van der Waals surface area (Å²) in [5.41, 5.74) is 1.74. The van der Waals surface area contributed by atoms with Gasteiger partial charge >= 0.3 is 5.97 Å². The molecule has 0 aliphatic rings. The van der Waals surface area contributed by atoms with Crippen LogP contribution in [-0.4, -0.2) is 20.7 Å². The van der Waals surface area contributed by atoms with Gasteiger partial charge < -0.3 is 14.8 Å². The summed E-state index contributed by atoms with van der Waals surface area (Å²) in [6.07, 6.45) is 0. The molecule has 106 valence electrons. The van der Waals surface area contributed by atoms with E-state index in [0.717, 1.165) is 11.1 Å².